The number of carbonyl (C=O) groups excluding carboxylic acids is 2. The summed E-state index contributed by atoms with van der Waals surface area (Å²) in [5, 5.41) is 0. The SMILES string of the molecule is O=C(COc1ccccc1-c1ccccc1)OCC(=O)c1ccc(Cl)s1. The minimum absolute atomic E-state index is 0.275. The zero-order valence-electron chi connectivity index (χ0n) is 13.7. The Balaban J connectivity index is 1.56. The molecule has 3 rings (SSSR count). The maximum absolute atomic E-state index is 11.9. The van der Waals surface area contributed by atoms with Crippen molar-refractivity contribution < 1.29 is 19.1 Å². The van der Waals surface area contributed by atoms with Gasteiger partial charge in [0.15, 0.2) is 13.2 Å². The summed E-state index contributed by atoms with van der Waals surface area (Å²) in [7, 11) is 0. The molecule has 132 valence electrons. The molecule has 6 heteroatoms. The van der Waals surface area contributed by atoms with Crippen molar-refractivity contribution in [3.05, 3.63) is 75.9 Å². The van der Waals surface area contributed by atoms with Gasteiger partial charge in [-0.1, -0.05) is 60.1 Å². The lowest BCUT2D eigenvalue weighted by atomic mass is 10.1. The normalized spacial score (nSPS) is 10.3. The molecule has 0 amide bonds. The molecule has 3 aromatic rings. The van der Waals surface area contributed by atoms with Gasteiger partial charge in [0, 0.05) is 5.56 Å². The Bertz CT molecular complexity index is 905. The van der Waals surface area contributed by atoms with E-state index < -0.39 is 5.97 Å². The van der Waals surface area contributed by atoms with Gasteiger partial charge in [0.25, 0.3) is 0 Å². The Morgan fingerprint density at radius 1 is 0.885 bits per heavy atom. The third kappa shape index (κ3) is 4.71. The lowest BCUT2D eigenvalue weighted by Crippen LogP contribution is -2.19. The summed E-state index contributed by atoms with van der Waals surface area (Å²) in [4.78, 5) is 24.2. The summed E-state index contributed by atoms with van der Waals surface area (Å²) < 4.78 is 11.1. The summed E-state index contributed by atoms with van der Waals surface area (Å²) in [5.74, 6) is -0.323. The second kappa shape index (κ2) is 8.65. The lowest BCUT2D eigenvalue weighted by Gasteiger charge is -2.11. The van der Waals surface area contributed by atoms with Crippen molar-refractivity contribution in [2.24, 2.45) is 0 Å². The average molecular weight is 387 g/mol. The van der Waals surface area contributed by atoms with E-state index in [0.29, 0.717) is 15.0 Å². The van der Waals surface area contributed by atoms with Crippen LogP contribution in [0.3, 0.4) is 0 Å². The van der Waals surface area contributed by atoms with Crippen molar-refractivity contribution in [2.45, 2.75) is 0 Å². The molecule has 0 aliphatic rings. The molecule has 0 N–H and O–H groups in total. The molecule has 0 aliphatic heterocycles. The largest absolute Gasteiger partial charge is 0.481 e. The molecule has 0 bridgehead atoms. The standard InChI is InChI=1S/C20H15ClO4S/c21-19-11-10-18(26-19)16(22)12-25-20(23)13-24-17-9-5-4-8-15(17)14-6-2-1-3-7-14/h1-11H,12-13H2. The van der Waals surface area contributed by atoms with Crippen LogP contribution in [-0.2, 0) is 9.53 Å². The number of rotatable bonds is 7. The van der Waals surface area contributed by atoms with Gasteiger partial charge in [-0.05, 0) is 23.8 Å². The minimum atomic E-state index is -0.608. The monoisotopic (exact) mass is 386 g/mol. The topological polar surface area (TPSA) is 52.6 Å². The molecular formula is C20H15ClO4S. The first-order chi connectivity index (χ1) is 12.6. The average Bonchev–Trinajstić information content (AvgIpc) is 3.12. The van der Waals surface area contributed by atoms with Gasteiger partial charge in [0.2, 0.25) is 5.78 Å². The number of ketones is 1. The summed E-state index contributed by atoms with van der Waals surface area (Å²) in [5.41, 5.74) is 1.87. The van der Waals surface area contributed by atoms with Crippen LogP contribution in [0.15, 0.2) is 66.7 Å². The van der Waals surface area contributed by atoms with Crippen LogP contribution in [0, 0.1) is 0 Å². The molecule has 0 radical (unpaired) electrons. The van der Waals surface area contributed by atoms with Gasteiger partial charge in [-0.3, -0.25) is 4.79 Å². The molecule has 2 aromatic carbocycles. The van der Waals surface area contributed by atoms with E-state index in [4.69, 9.17) is 21.1 Å². The molecule has 0 fully saturated rings. The van der Waals surface area contributed by atoms with Crippen LogP contribution in [0.1, 0.15) is 9.67 Å². The van der Waals surface area contributed by atoms with E-state index in [1.165, 1.54) is 0 Å². The van der Waals surface area contributed by atoms with Crippen molar-refractivity contribution in [2.75, 3.05) is 13.2 Å². The number of para-hydroxylation sites is 1. The van der Waals surface area contributed by atoms with Gasteiger partial charge < -0.3 is 9.47 Å². The first-order valence-electron chi connectivity index (χ1n) is 7.85. The summed E-state index contributed by atoms with van der Waals surface area (Å²) in [6, 6.07) is 20.4. The summed E-state index contributed by atoms with van der Waals surface area (Å²) in [6.07, 6.45) is 0. The van der Waals surface area contributed by atoms with E-state index in [0.717, 1.165) is 22.5 Å². The van der Waals surface area contributed by atoms with Crippen LogP contribution in [0.2, 0.25) is 4.34 Å². The van der Waals surface area contributed by atoms with E-state index in [1.807, 2.05) is 48.5 Å². The van der Waals surface area contributed by atoms with Crippen LogP contribution >= 0.6 is 22.9 Å². The van der Waals surface area contributed by atoms with Crippen LogP contribution < -0.4 is 4.74 Å². The second-order valence-electron chi connectivity index (χ2n) is 5.34. The van der Waals surface area contributed by atoms with E-state index >= 15 is 0 Å². The zero-order valence-corrected chi connectivity index (χ0v) is 15.3. The number of esters is 1. The molecular weight excluding hydrogens is 372 g/mol. The predicted molar refractivity (Wildman–Crippen MR) is 102 cm³/mol. The smallest absolute Gasteiger partial charge is 0.344 e. The molecule has 1 aromatic heterocycles. The van der Waals surface area contributed by atoms with Crippen LogP contribution in [0.4, 0.5) is 0 Å². The molecule has 0 unspecified atom stereocenters. The number of hydrogen-bond acceptors (Lipinski definition) is 5. The fraction of sp³-hybridized carbons (Fsp3) is 0.100. The predicted octanol–water partition coefficient (Wildman–Crippen LogP) is 4.87. The van der Waals surface area contributed by atoms with Gasteiger partial charge >= 0.3 is 5.97 Å². The van der Waals surface area contributed by atoms with E-state index in [-0.39, 0.29) is 19.0 Å². The van der Waals surface area contributed by atoms with Crippen molar-refractivity contribution in [1.82, 2.24) is 0 Å². The van der Waals surface area contributed by atoms with Gasteiger partial charge in [0.1, 0.15) is 5.75 Å². The fourth-order valence-corrected chi connectivity index (χ4v) is 3.28. The van der Waals surface area contributed by atoms with Crippen LogP contribution in [0.25, 0.3) is 11.1 Å². The Morgan fingerprint density at radius 3 is 2.35 bits per heavy atom. The Morgan fingerprint density at radius 2 is 1.62 bits per heavy atom. The summed E-state index contributed by atoms with van der Waals surface area (Å²) >= 11 is 6.94. The van der Waals surface area contributed by atoms with E-state index in [1.54, 1.807) is 18.2 Å². The highest BCUT2D eigenvalue weighted by atomic mass is 35.5. The highest BCUT2D eigenvalue weighted by Gasteiger charge is 2.13. The van der Waals surface area contributed by atoms with Gasteiger partial charge in [0.05, 0.1) is 9.21 Å². The van der Waals surface area contributed by atoms with Gasteiger partial charge in [-0.15, -0.1) is 11.3 Å². The third-order valence-corrected chi connectivity index (χ3v) is 4.80. The first kappa shape index (κ1) is 18.2. The number of thiophene rings is 1. The molecule has 0 saturated heterocycles. The number of carbonyl (C=O) groups is 2. The Hall–Kier alpha value is -2.63. The fourth-order valence-electron chi connectivity index (χ4n) is 2.31. The number of benzene rings is 2. The van der Waals surface area contributed by atoms with Gasteiger partial charge in [-0.2, -0.15) is 0 Å². The molecule has 0 atom stereocenters. The maximum Gasteiger partial charge on any atom is 0.344 e. The molecule has 0 saturated carbocycles. The third-order valence-electron chi connectivity index (χ3n) is 3.53. The molecule has 4 nitrogen and oxygen atoms in total. The van der Waals surface area contributed by atoms with Crippen LogP contribution in [0.5, 0.6) is 5.75 Å². The second-order valence-corrected chi connectivity index (χ2v) is 7.05. The quantitative estimate of drug-likeness (QED) is 0.429. The Labute approximate surface area is 159 Å². The van der Waals surface area contributed by atoms with Crippen molar-refractivity contribution in [3.8, 4) is 16.9 Å². The van der Waals surface area contributed by atoms with Crippen molar-refractivity contribution in [1.29, 1.82) is 0 Å². The number of Topliss-reactive ketones (excluding diaryl/α,β-unsaturated/α-hetero) is 1. The zero-order chi connectivity index (χ0) is 18.4. The number of hydrogen-bond donors (Lipinski definition) is 0. The lowest BCUT2D eigenvalue weighted by molar-refractivity contribution is -0.144. The number of ether oxygens (including phenoxy) is 2. The van der Waals surface area contributed by atoms with Crippen molar-refractivity contribution in [3.63, 3.8) is 0 Å². The Kier molecular flexibility index (Phi) is 6.04. The summed E-state index contributed by atoms with van der Waals surface area (Å²) in [6.45, 7) is -0.609. The highest BCUT2D eigenvalue weighted by Crippen LogP contribution is 2.29. The highest BCUT2D eigenvalue weighted by molar-refractivity contribution is 7.18. The first-order valence-corrected chi connectivity index (χ1v) is 9.04. The molecule has 0 spiro atoms. The van der Waals surface area contributed by atoms with Crippen molar-refractivity contribution >= 4 is 34.7 Å². The molecule has 0 aliphatic carbocycles. The minimum Gasteiger partial charge on any atom is -0.481 e. The van der Waals surface area contributed by atoms with Gasteiger partial charge in [-0.25, -0.2) is 4.79 Å². The molecule has 26 heavy (non-hydrogen) atoms. The van der Waals surface area contributed by atoms with E-state index in [9.17, 15) is 9.59 Å². The van der Waals surface area contributed by atoms with E-state index in [2.05, 4.69) is 0 Å². The van der Waals surface area contributed by atoms with Crippen LogP contribution in [-0.4, -0.2) is 25.0 Å². The molecule has 1 heterocycles. The number of halogens is 1. The maximum atomic E-state index is 11.9.